The first-order valence-electron chi connectivity index (χ1n) is 12.0. The van der Waals surface area contributed by atoms with E-state index in [9.17, 15) is 14.4 Å². The summed E-state index contributed by atoms with van der Waals surface area (Å²) in [5.74, 6) is -0.147. The van der Waals surface area contributed by atoms with Crippen molar-refractivity contribution < 1.29 is 23.6 Å². The number of carbonyl (C=O) groups excluding carboxylic acids is 3. The van der Waals surface area contributed by atoms with Gasteiger partial charge in [0.1, 0.15) is 12.3 Å². The highest BCUT2D eigenvalue weighted by Gasteiger charge is 2.25. The Kier molecular flexibility index (Phi) is 8.34. The van der Waals surface area contributed by atoms with Gasteiger partial charge in [-0.05, 0) is 71.2 Å². The number of anilines is 1. The summed E-state index contributed by atoms with van der Waals surface area (Å²) in [6, 6.07) is 8.92. The molecule has 3 rings (SSSR count). The molecule has 0 saturated carbocycles. The Morgan fingerprint density at radius 1 is 1.14 bits per heavy atom. The predicted octanol–water partition coefficient (Wildman–Crippen LogP) is 4.43. The lowest BCUT2D eigenvalue weighted by molar-refractivity contribution is -0.139. The smallest absolute Gasteiger partial charge is 0.340 e. The molecular formula is C27H34N4O5. The first kappa shape index (κ1) is 26.7. The van der Waals surface area contributed by atoms with Gasteiger partial charge in [0.15, 0.2) is 12.4 Å². The van der Waals surface area contributed by atoms with Crippen LogP contribution in [0.4, 0.5) is 5.69 Å². The summed E-state index contributed by atoms with van der Waals surface area (Å²) in [6.45, 7) is 12.5. The Morgan fingerprint density at radius 2 is 1.86 bits per heavy atom. The maximum atomic E-state index is 13.0. The number of nitrogens with one attached hydrogen (secondary N) is 1. The number of aryl methyl sites for hydroxylation is 3. The largest absolute Gasteiger partial charge is 0.452 e. The van der Waals surface area contributed by atoms with Crippen molar-refractivity contribution in [2.24, 2.45) is 0 Å². The first-order chi connectivity index (χ1) is 17.0. The number of nitrogens with zero attached hydrogens (tertiary/aromatic N) is 3. The van der Waals surface area contributed by atoms with E-state index in [0.29, 0.717) is 34.9 Å². The number of benzene rings is 1. The highest BCUT2D eigenvalue weighted by molar-refractivity contribution is 5.96. The van der Waals surface area contributed by atoms with Gasteiger partial charge in [-0.1, -0.05) is 24.2 Å². The predicted molar refractivity (Wildman–Crippen MR) is 136 cm³/mol. The Bertz CT molecular complexity index is 1270. The van der Waals surface area contributed by atoms with Gasteiger partial charge in [0, 0.05) is 29.2 Å². The molecule has 3 aromatic rings. The molecule has 192 valence electrons. The molecule has 0 bridgehead atoms. The molecule has 2 heterocycles. The zero-order valence-electron chi connectivity index (χ0n) is 22.0. The fourth-order valence-corrected chi connectivity index (χ4v) is 4.01. The quantitative estimate of drug-likeness (QED) is 0.441. The molecule has 0 aliphatic carbocycles. The highest BCUT2D eigenvalue weighted by Crippen LogP contribution is 2.22. The molecule has 9 heteroatoms. The molecule has 9 nitrogen and oxygen atoms in total. The van der Waals surface area contributed by atoms with Crippen molar-refractivity contribution in [3.05, 3.63) is 64.2 Å². The van der Waals surface area contributed by atoms with E-state index < -0.39 is 18.5 Å². The van der Waals surface area contributed by atoms with Gasteiger partial charge in [-0.15, -0.1) is 0 Å². The van der Waals surface area contributed by atoms with Crippen LogP contribution in [0, 0.1) is 34.6 Å². The van der Waals surface area contributed by atoms with Crippen LogP contribution in [0.3, 0.4) is 0 Å². The first-order valence-corrected chi connectivity index (χ1v) is 12.0. The number of esters is 1. The summed E-state index contributed by atoms with van der Waals surface area (Å²) in [5, 5.41) is 6.89. The van der Waals surface area contributed by atoms with Gasteiger partial charge in [-0.2, -0.15) is 0 Å². The molecular weight excluding hydrogens is 460 g/mol. The van der Waals surface area contributed by atoms with Gasteiger partial charge in [0.25, 0.3) is 5.91 Å². The van der Waals surface area contributed by atoms with Crippen LogP contribution >= 0.6 is 0 Å². The number of hydrogen-bond donors (Lipinski definition) is 1. The second-order valence-electron chi connectivity index (χ2n) is 9.07. The minimum absolute atomic E-state index is 0.140. The van der Waals surface area contributed by atoms with Crippen molar-refractivity contribution in [1.29, 1.82) is 0 Å². The summed E-state index contributed by atoms with van der Waals surface area (Å²) in [7, 11) is 0. The molecule has 0 radical (unpaired) electrons. The third-order valence-electron chi connectivity index (χ3n) is 6.46. The van der Waals surface area contributed by atoms with Gasteiger partial charge in [0.2, 0.25) is 5.91 Å². The molecule has 2 aromatic heterocycles. The van der Waals surface area contributed by atoms with Crippen molar-refractivity contribution in [2.75, 3.05) is 18.5 Å². The molecule has 36 heavy (non-hydrogen) atoms. The van der Waals surface area contributed by atoms with E-state index in [1.165, 1.54) is 4.90 Å². The summed E-state index contributed by atoms with van der Waals surface area (Å²) in [4.78, 5) is 40.1. The normalized spacial score (nSPS) is 11.8. The van der Waals surface area contributed by atoms with Crippen molar-refractivity contribution in [3.8, 4) is 5.82 Å². The summed E-state index contributed by atoms with van der Waals surface area (Å²) < 4.78 is 12.3. The molecule has 1 aromatic carbocycles. The van der Waals surface area contributed by atoms with Crippen LogP contribution in [-0.2, 0) is 14.3 Å². The molecule has 1 N–H and O–H groups in total. The fraction of sp³-hybridized carbons (Fsp3) is 0.407. The van der Waals surface area contributed by atoms with Gasteiger partial charge in [0.05, 0.1) is 5.56 Å². The maximum Gasteiger partial charge on any atom is 0.340 e. The van der Waals surface area contributed by atoms with Crippen molar-refractivity contribution in [3.63, 3.8) is 0 Å². The topological polar surface area (TPSA) is 107 Å². The van der Waals surface area contributed by atoms with Crippen LogP contribution in [0.25, 0.3) is 5.82 Å². The third-order valence-corrected chi connectivity index (χ3v) is 6.46. The highest BCUT2D eigenvalue weighted by atomic mass is 16.5. The van der Waals surface area contributed by atoms with E-state index in [1.807, 2.05) is 52.8 Å². The molecule has 0 spiro atoms. The molecule has 2 amide bonds. The Balaban J connectivity index is 1.68. The van der Waals surface area contributed by atoms with Crippen LogP contribution in [0.5, 0.6) is 0 Å². The van der Waals surface area contributed by atoms with Crippen molar-refractivity contribution in [1.82, 2.24) is 14.6 Å². The summed E-state index contributed by atoms with van der Waals surface area (Å²) in [6.07, 6.45) is 0.648. The van der Waals surface area contributed by atoms with Gasteiger partial charge < -0.3 is 19.5 Å². The zero-order valence-corrected chi connectivity index (χ0v) is 22.0. The average Bonchev–Trinajstić information content (AvgIpc) is 3.39. The molecule has 0 fully saturated rings. The Morgan fingerprint density at radius 3 is 2.50 bits per heavy atom. The lowest BCUT2D eigenvalue weighted by Gasteiger charge is -2.28. The summed E-state index contributed by atoms with van der Waals surface area (Å²) >= 11 is 0. The number of hydrogen-bond acceptors (Lipinski definition) is 6. The molecule has 1 atom stereocenters. The lowest BCUT2D eigenvalue weighted by Crippen LogP contribution is -2.45. The van der Waals surface area contributed by atoms with E-state index in [2.05, 4.69) is 10.5 Å². The van der Waals surface area contributed by atoms with E-state index in [4.69, 9.17) is 9.26 Å². The van der Waals surface area contributed by atoms with Crippen LogP contribution in [-0.4, -0.2) is 51.6 Å². The van der Waals surface area contributed by atoms with E-state index in [-0.39, 0.29) is 18.5 Å². The minimum Gasteiger partial charge on any atom is -0.452 e. The fourth-order valence-electron chi connectivity index (χ4n) is 4.01. The van der Waals surface area contributed by atoms with Crippen molar-refractivity contribution >= 4 is 23.5 Å². The number of aromatic nitrogens is 2. The maximum absolute atomic E-state index is 13.0. The lowest BCUT2D eigenvalue weighted by atomic mass is 10.1. The molecule has 0 saturated heterocycles. The van der Waals surface area contributed by atoms with Crippen molar-refractivity contribution in [2.45, 2.75) is 60.9 Å². The Hall–Kier alpha value is -3.88. The SMILES string of the molecule is CC[C@@H](C)N(CC(=O)Nc1cccc(C)c1C)C(=O)COC(=O)c1cc(C)n(-c2cc(C)on2)c1C. The number of ether oxygens (including phenoxy) is 1. The Labute approximate surface area is 211 Å². The molecule has 0 unspecified atom stereocenters. The van der Waals surface area contributed by atoms with E-state index in [1.54, 1.807) is 30.5 Å². The monoisotopic (exact) mass is 494 g/mol. The average molecular weight is 495 g/mol. The number of rotatable bonds is 9. The van der Waals surface area contributed by atoms with Crippen LogP contribution in [0.2, 0.25) is 0 Å². The standard InChI is InChI=1S/C27H34N4O5/c1-8-17(3)30(14-25(32)28-23-11-9-10-16(2)20(23)6)26(33)15-35-27(34)22-12-18(4)31(21(22)7)24-13-19(5)36-29-24/h9-13,17H,8,14-15H2,1-7H3,(H,28,32)/t17-/m1/s1. The van der Waals surface area contributed by atoms with Gasteiger partial charge >= 0.3 is 5.97 Å². The number of amides is 2. The molecule has 0 aliphatic rings. The third kappa shape index (κ3) is 5.84. The van der Waals surface area contributed by atoms with Crippen LogP contribution in [0.15, 0.2) is 34.9 Å². The minimum atomic E-state index is -0.619. The van der Waals surface area contributed by atoms with Crippen LogP contribution in [0.1, 0.15) is 58.9 Å². The van der Waals surface area contributed by atoms with E-state index in [0.717, 1.165) is 16.8 Å². The van der Waals surface area contributed by atoms with Crippen LogP contribution < -0.4 is 5.32 Å². The van der Waals surface area contributed by atoms with Gasteiger partial charge in [-0.3, -0.25) is 14.2 Å². The summed E-state index contributed by atoms with van der Waals surface area (Å²) in [5.41, 5.74) is 4.49. The second-order valence-corrected chi connectivity index (χ2v) is 9.07. The zero-order chi connectivity index (χ0) is 26.6. The van der Waals surface area contributed by atoms with Gasteiger partial charge in [-0.25, -0.2) is 4.79 Å². The molecule has 0 aliphatic heterocycles. The number of carbonyl (C=O) groups is 3. The second kappa shape index (κ2) is 11.2. The van der Waals surface area contributed by atoms with E-state index >= 15 is 0 Å².